The molecule has 3 aromatic heterocycles. The van der Waals surface area contributed by atoms with Gasteiger partial charge in [0.25, 0.3) is 0 Å². The van der Waals surface area contributed by atoms with Crippen molar-refractivity contribution in [1.82, 2.24) is 14.4 Å². The van der Waals surface area contributed by atoms with Crippen LogP contribution >= 0.6 is 0 Å². The van der Waals surface area contributed by atoms with Crippen molar-refractivity contribution in [1.29, 1.82) is 0 Å². The minimum atomic E-state index is -5.80. The number of benzene rings is 2. The van der Waals surface area contributed by atoms with Crippen LogP contribution in [0.3, 0.4) is 0 Å². The van der Waals surface area contributed by atoms with E-state index in [2.05, 4.69) is 14.2 Å². The fourth-order valence-electron chi connectivity index (χ4n) is 3.41. The third-order valence-corrected chi connectivity index (χ3v) is 5.94. The number of ether oxygens (including phenoxy) is 1. The molecular weight excluding hydrogens is 471 g/mol. The van der Waals surface area contributed by atoms with E-state index in [0.29, 0.717) is 11.1 Å². The second-order valence-corrected chi connectivity index (χ2v) is 8.74. The maximum absolute atomic E-state index is 12.6. The van der Waals surface area contributed by atoms with E-state index in [1.54, 1.807) is 12.4 Å². The monoisotopic (exact) mass is 485 g/mol. The van der Waals surface area contributed by atoms with Gasteiger partial charge in [-0.25, -0.2) is 4.98 Å². The molecule has 7 nitrogen and oxygen atoms in total. The summed E-state index contributed by atoms with van der Waals surface area (Å²) in [7, 11) is -5.80. The summed E-state index contributed by atoms with van der Waals surface area (Å²) in [4.78, 5) is 8.54. The zero-order chi connectivity index (χ0) is 23.9. The first-order valence-electron chi connectivity index (χ1n) is 9.80. The number of hydrogen-bond acceptors (Lipinski definition) is 6. The summed E-state index contributed by atoms with van der Waals surface area (Å²) in [5.74, 6) is -0.136. The van der Waals surface area contributed by atoms with Gasteiger partial charge in [0.15, 0.2) is 5.75 Å². The molecule has 0 bridgehead atoms. The van der Waals surface area contributed by atoms with Gasteiger partial charge in [0.05, 0.1) is 18.1 Å². The molecule has 0 aliphatic carbocycles. The molecule has 3 heterocycles. The highest BCUT2D eigenvalue weighted by Crippen LogP contribution is 2.34. The van der Waals surface area contributed by atoms with Gasteiger partial charge in [0.1, 0.15) is 17.1 Å². The molecule has 0 aliphatic heterocycles. The molecule has 0 saturated heterocycles. The number of pyridine rings is 2. The summed E-state index contributed by atoms with van der Waals surface area (Å²) < 4.78 is 72.5. The van der Waals surface area contributed by atoms with Crippen LogP contribution in [0, 0.1) is 0 Å². The van der Waals surface area contributed by atoms with E-state index in [-0.39, 0.29) is 5.75 Å². The molecular formula is C23H14F3N3O4S. The fourth-order valence-corrected chi connectivity index (χ4v) is 3.87. The SMILES string of the molecule is O=S(=O)(Oc1cccc(Oc2cncc3ccc(-c4cnc5ccccn45)cc23)c1)C(F)(F)F. The highest BCUT2D eigenvalue weighted by molar-refractivity contribution is 7.88. The Morgan fingerprint density at radius 2 is 1.71 bits per heavy atom. The van der Waals surface area contributed by atoms with Gasteiger partial charge in [-0.05, 0) is 30.3 Å². The summed E-state index contributed by atoms with van der Waals surface area (Å²) in [6.07, 6.45) is 6.75. The molecule has 0 atom stereocenters. The van der Waals surface area contributed by atoms with E-state index >= 15 is 0 Å². The Balaban J connectivity index is 1.51. The average Bonchev–Trinajstić information content (AvgIpc) is 3.22. The first-order chi connectivity index (χ1) is 16.2. The Labute approximate surface area is 191 Å². The Hall–Kier alpha value is -4.12. The van der Waals surface area contributed by atoms with E-state index < -0.39 is 21.4 Å². The molecule has 0 radical (unpaired) electrons. The third kappa shape index (κ3) is 4.01. The largest absolute Gasteiger partial charge is 0.534 e. The van der Waals surface area contributed by atoms with Gasteiger partial charge in [0, 0.05) is 34.8 Å². The van der Waals surface area contributed by atoms with Gasteiger partial charge in [0.2, 0.25) is 0 Å². The number of fused-ring (bicyclic) bond motifs is 2. The second-order valence-electron chi connectivity index (χ2n) is 7.21. The maximum Gasteiger partial charge on any atom is 0.534 e. The lowest BCUT2D eigenvalue weighted by atomic mass is 10.1. The molecule has 2 aromatic carbocycles. The molecule has 11 heteroatoms. The van der Waals surface area contributed by atoms with E-state index in [0.717, 1.165) is 34.4 Å². The fraction of sp³-hybridized carbons (Fsp3) is 0.0435. The molecule has 0 fully saturated rings. The highest BCUT2D eigenvalue weighted by Gasteiger charge is 2.48. The predicted molar refractivity (Wildman–Crippen MR) is 118 cm³/mol. The molecule has 5 rings (SSSR count). The van der Waals surface area contributed by atoms with Gasteiger partial charge in [-0.1, -0.05) is 24.3 Å². The Bertz CT molecular complexity index is 1630. The Morgan fingerprint density at radius 1 is 0.882 bits per heavy atom. The van der Waals surface area contributed by atoms with Crippen LogP contribution in [0.15, 0.2) is 85.5 Å². The zero-order valence-electron chi connectivity index (χ0n) is 17.1. The van der Waals surface area contributed by atoms with Crippen molar-refractivity contribution in [3.63, 3.8) is 0 Å². The third-order valence-electron chi connectivity index (χ3n) is 4.96. The molecule has 0 aliphatic rings. The molecule has 0 N–H and O–H groups in total. The molecule has 0 saturated carbocycles. The molecule has 0 unspecified atom stereocenters. The summed E-state index contributed by atoms with van der Waals surface area (Å²) in [6, 6.07) is 16.3. The number of nitrogens with zero attached hydrogens (tertiary/aromatic N) is 3. The number of halogens is 3. The summed E-state index contributed by atoms with van der Waals surface area (Å²) in [6.45, 7) is 0. The van der Waals surface area contributed by atoms with Crippen LogP contribution in [-0.4, -0.2) is 28.3 Å². The van der Waals surface area contributed by atoms with Crippen molar-refractivity contribution < 1.29 is 30.5 Å². The summed E-state index contributed by atoms with van der Waals surface area (Å²) >= 11 is 0. The minimum Gasteiger partial charge on any atom is -0.455 e. The first kappa shape index (κ1) is 21.7. The summed E-state index contributed by atoms with van der Waals surface area (Å²) in [5.41, 5.74) is -3.05. The van der Waals surface area contributed by atoms with E-state index in [9.17, 15) is 21.6 Å². The smallest absolute Gasteiger partial charge is 0.455 e. The Kier molecular flexibility index (Phi) is 5.13. The highest BCUT2D eigenvalue weighted by atomic mass is 32.2. The van der Waals surface area contributed by atoms with Crippen LogP contribution in [0.2, 0.25) is 0 Å². The normalized spacial score (nSPS) is 12.2. The number of rotatable bonds is 5. The molecule has 0 amide bonds. The number of imidazole rings is 1. The minimum absolute atomic E-state index is 0.0735. The van der Waals surface area contributed by atoms with Gasteiger partial charge in [-0.3, -0.25) is 9.38 Å². The van der Waals surface area contributed by atoms with Gasteiger partial charge in [-0.2, -0.15) is 21.6 Å². The van der Waals surface area contributed by atoms with Crippen LogP contribution in [-0.2, 0) is 10.1 Å². The van der Waals surface area contributed by atoms with E-state index in [1.165, 1.54) is 18.3 Å². The van der Waals surface area contributed by atoms with Crippen molar-refractivity contribution >= 4 is 26.5 Å². The van der Waals surface area contributed by atoms with Crippen LogP contribution in [0.25, 0.3) is 27.7 Å². The molecule has 0 spiro atoms. The predicted octanol–water partition coefficient (Wildman–Crippen LogP) is 5.57. The van der Waals surface area contributed by atoms with Crippen molar-refractivity contribution in [3.05, 3.63) is 85.5 Å². The lowest BCUT2D eigenvalue weighted by Gasteiger charge is -2.12. The Morgan fingerprint density at radius 3 is 2.53 bits per heavy atom. The topological polar surface area (TPSA) is 82.8 Å². The van der Waals surface area contributed by atoms with Crippen molar-refractivity contribution in [2.24, 2.45) is 0 Å². The standard InChI is InChI=1S/C23H14F3N3O4S/c24-23(25,26)34(30,31)33-18-5-3-4-17(11-18)32-21-14-27-12-16-8-7-15(10-19(16)21)20-13-28-22-6-1-2-9-29(20)22/h1-14H. The van der Waals surface area contributed by atoms with E-state index in [1.807, 2.05) is 47.0 Å². The quantitative estimate of drug-likeness (QED) is 0.239. The zero-order valence-corrected chi connectivity index (χ0v) is 17.9. The maximum atomic E-state index is 12.6. The lowest BCUT2D eigenvalue weighted by molar-refractivity contribution is -0.0500. The van der Waals surface area contributed by atoms with Crippen LogP contribution in [0.4, 0.5) is 13.2 Å². The number of aromatic nitrogens is 3. The lowest BCUT2D eigenvalue weighted by Crippen LogP contribution is -2.28. The average molecular weight is 485 g/mol. The second kappa shape index (κ2) is 8.03. The van der Waals surface area contributed by atoms with Crippen molar-refractivity contribution in [3.8, 4) is 28.5 Å². The molecule has 34 heavy (non-hydrogen) atoms. The molecule has 5 aromatic rings. The number of hydrogen-bond donors (Lipinski definition) is 0. The first-order valence-corrected chi connectivity index (χ1v) is 11.2. The van der Waals surface area contributed by atoms with Crippen LogP contribution in [0.5, 0.6) is 17.2 Å². The van der Waals surface area contributed by atoms with E-state index in [4.69, 9.17) is 4.74 Å². The summed E-state index contributed by atoms with van der Waals surface area (Å²) in [5, 5.41) is 1.45. The van der Waals surface area contributed by atoms with Crippen LogP contribution < -0.4 is 8.92 Å². The van der Waals surface area contributed by atoms with Gasteiger partial charge < -0.3 is 8.92 Å². The van der Waals surface area contributed by atoms with Gasteiger partial charge in [-0.15, -0.1) is 0 Å². The van der Waals surface area contributed by atoms with Gasteiger partial charge >= 0.3 is 15.6 Å². The van der Waals surface area contributed by atoms with Crippen molar-refractivity contribution in [2.45, 2.75) is 5.51 Å². The van der Waals surface area contributed by atoms with Crippen LogP contribution in [0.1, 0.15) is 0 Å². The molecule has 172 valence electrons. The van der Waals surface area contributed by atoms with Crippen molar-refractivity contribution in [2.75, 3.05) is 0 Å². The number of alkyl halides is 3.